The Morgan fingerprint density at radius 2 is 1.86 bits per heavy atom. The molecule has 0 fully saturated rings. The first-order valence-corrected chi connectivity index (χ1v) is 9.42. The van der Waals surface area contributed by atoms with Crippen molar-refractivity contribution in [3.05, 3.63) is 58.2 Å². The number of anilines is 1. The molecule has 3 rings (SSSR count). The third kappa shape index (κ3) is 4.01. The monoisotopic (exact) mass is 448 g/mol. The third-order valence-electron chi connectivity index (χ3n) is 4.38. The maximum Gasteiger partial charge on any atom is 0.176 e. The van der Waals surface area contributed by atoms with Gasteiger partial charge in [-0.05, 0) is 46.1 Å². The van der Waals surface area contributed by atoms with Gasteiger partial charge in [-0.3, -0.25) is 0 Å². The number of rotatable bonds is 5. The van der Waals surface area contributed by atoms with Crippen molar-refractivity contribution in [2.45, 2.75) is 6.92 Å². The quantitative estimate of drug-likeness (QED) is 0.597. The Balaban J connectivity index is 2.29. The summed E-state index contributed by atoms with van der Waals surface area (Å²) in [4.78, 5) is 4.21. The molecule has 0 unspecified atom stereocenters. The number of halogens is 1. The molecule has 2 aromatic carbocycles. The molecule has 3 aromatic rings. The molecule has 0 saturated carbocycles. The molecule has 6 nitrogen and oxygen atoms in total. The molecule has 2 N–H and O–H groups in total. The second-order valence-electron chi connectivity index (χ2n) is 6.22. The van der Waals surface area contributed by atoms with Crippen molar-refractivity contribution in [2.24, 2.45) is 0 Å². The Hall–Kier alpha value is -3.55. The van der Waals surface area contributed by atoms with E-state index < -0.39 is 0 Å². The summed E-state index contributed by atoms with van der Waals surface area (Å²) in [6.45, 7) is 1.89. The van der Waals surface area contributed by atoms with Gasteiger partial charge in [-0.1, -0.05) is 29.8 Å². The highest BCUT2D eigenvalue weighted by Crippen LogP contribution is 2.43. The van der Waals surface area contributed by atoms with E-state index >= 15 is 0 Å². The molecule has 0 bridgehead atoms. The van der Waals surface area contributed by atoms with Crippen LogP contribution < -0.4 is 15.2 Å². The van der Waals surface area contributed by atoms with Crippen LogP contribution in [0.2, 0.25) is 0 Å². The van der Waals surface area contributed by atoms with Gasteiger partial charge in [0.05, 0.1) is 11.6 Å². The molecule has 1 aromatic heterocycles. The number of nitrogen functional groups attached to an aromatic ring is 1. The highest BCUT2D eigenvalue weighted by atomic mass is 79.9. The van der Waals surface area contributed by atoms with Crippen LogP contribution in [-0.2, 0) is 0 Å². The molecule has 0 amide bonds. The summed E-state index contributed by atoms with van der Waals surface area (Å²) in [6, 6.07) is 15.6. The fraction of sp³-hybridized carbons (Fsp3) is 0.136. The Kier molecular flexibility index (Phi) is 6.01. The third-order valence-corrected chi connectivity index (χ3v) is 4.97. The van der Waals surface area contributed by atoms with Crippen LogP contribution in [0.4, 0.5) is 5.82 Å². The van der Waals surface area contributed by atoms with Crippen molar-refractivity contribution in [3.8, 4) is 45.9 Å². The zero-order valence-corrected chi connectivity index (χ0v) is 17.4. The number of nitriles is 2. The summed E-state index contributed by atoms with van der Waals surface area (Å²) in [5, 5.41) is 18.6. The summed E-state index contributed by atoms with van der Waals surface area (Å²) in [5.74, 6) is 0.993. The SMILES string of the molecule is COc1cc(-c2c(-c3ccc(C)cc3)cnc(N)c2C#N)cc(Br)c1OCC#N. The van der Waals surface area contributed by atoms with Crippen molar-refractivity contribution in [1.82, 2.24) is 4.98 Å². The van der Waals surface area contributed by atoms with Gasteiger partial charge < -0.3 is 15.2 Å². The van der Waals surface area contributed by atoms with E-state index in [4.69, 9.17) is 20.5 Å². The van der Waals surface area contributed by atoms with Crippen LogP contribution in [0.3, 0.4) is 0 Å². The second-order valence-corrected chi connectivity index (χ2v) is 7.08. The van der Waals surface area contributed by atoms with Gasteiger partial charge in [-0.15, -0.1) is 0 Å². The van der Waals surface area contributed by atoms with Crippen molar-refractivity contribution in [1.29, 1.82) is 10.5 Å². The van der Waals surface area contributed by atoms with Crippen LogP contribution in [-0.4, -0.2) is 18.7 Å². The number of hydrogen-bond acceptors (Lipinski definition) is 6. The van der Waals surface area contributed by atoms with Crippen molar-refractivity contribution >= 4 is 21.7 Å². The standard InChI is InChI=1S/C22H17BrN4O2/c1-13-3-5-14(6-4-13)17-12-27-22(26)16(11-25)20(17)15-9-18(23)21(29-8-7-24)19(10-15)28-2/h3-6,9-10,12H,8H2,1-2H3,(H2,26,27). The van der Waals surface area contributed by atoms with Gasteiger partial charge in [-0.25, -0.2) is 4.98 Å². The average molecular weight is 449 g/mol. The summed E-state index contributed by atoms with van der Waals surface area (Å²) in [6.07, 6.45) is 1.66. The summed E-state index contributed by atoms with van der Waals surface area (Å²) >= 11 is 3.48. The lowest BCUT2D eigenvalue weighted by atomic mass is 9.92. The van der Waals surface area contributed by atoms with Crippen LogP contribution in [0.15, 0.2) is 47.1 Å². The number of aromatic nitrogens is 1. The number of nitrogens with zero attached hydrogens (tertiary/aromatic N) is 3. The number of pyridine rings is 1. The maximum atomic E-state index is 9.77. The van der Waals surface area contributed by atoms with E-state index in [0.717, 1.165) is 16.7 Å². The van der Waals surface area contributed by atoms with Crippen LogP contribution in [0.25, 0.3) is 22.3 Å². The number of methoxy groups -OCH3 is 1. The van der Waals surface area contributed by atoms with Crippen LogP contribution in [0, 0.1) is 29.6 Å². The van der Waals surface area contributed by atoms with Gasteiger partial charge in [0.1, 0.15) is 23.5 Å². The number of benzene rings is 2. The average Bonchev–Trinajstić information content (AvgIpc) is 2.72. The number of aryl methyl sites for hydroxylation is 1. The molecule has 0 aliphatic carbocycles. The Morgan fingerprint density at radius 1 is 1.14 bits per heavy atom. The normalized spacial score (nSPS) is 10.1. The van der Waals surface area contributed by atoms with E-state index in [2.05, 4.69) is 27.0 Å². The molecule has 0 saturated heterocycles. The predicted molar refractivity (Wildman–Crippen MR) is 114 cm³/mol. The lowest BCUT2D eigenvalue weighted by molar-refractivity contribution is 0.328. The van der Waals surface area contributed by atoms with Crippen molar-refractivity contribution in [2.75, 3.05) is 19.5 Å². The van der Waals surface area contributed by atoms with Crippen LogP contribution >= 0.6 is 15.9 Å². The molecule has 0 aliphatic heterocycles. The van der Waals surface area contributed by atoms with E-state index in [0.29, 0.717) is 27.1 Å². The Morgan fingerprint density at radius 3 is 2.48 bits per heavy atom. The van der Waals surface area contributed by atoms with E-state index in [1.54, 1.807) is 12.3 Å². The molecule has 0 radical (unpaired) electrons. The highest BCUT2D eigenvalue weighted by molar-refractivity contribution is 9.10. The van der Waals surface area contributed by atoms with Gasteiger partial charge in [-0.2, -0.15) is 10.5 Å². The molecule has 0 spiro atoms. The zero-order chi connectivity index (χ0) is 21.0. The fourth-order valence-electron chi connectivity index (χ4n) is 3.00. The first-order chi connectivity index (χ1) is 14.0. The fourth-order valence-corrected chi connectivity index (χ4v) is 3.56. The number of ether oxygens (including phenoxy) is 2. The largest absolute Gasteiger partial charge is 0.493 e. The van der Waals surface area contributed by atoms with Crippen LogP contribution in [0.5, 0.6) is 11.5 Å². The van der Waals surface area contributed by atoms with Crippen molar-refractivity contribution < 1.29 is 9.47 Å². The minimum atomic E-state index is -0.116. The molecule has 0 atom stereocenters. The minimum Gasteiger partial charge on any atom is -0.493 e. The topological polar surface area (TPSA) is 105 Å². The van der Waals surface area contributed by atoms with E-state index in [1.807, 2.05) is 43.3 Å². The van der Waals surface area contributed by atoms with Gasteiger partial charge in [0, 0.05) is 17.3 Å². The molecule has 1 heterocycles. The van der Waals surface area contributed by atoms with Gasteiger partial charge in [0.2, 0.25) is 0 Å². The summed E-state index contributed by atoms with van der Waals surface area (Å²) < 4.78 is 11.5. The van der Waals surface area contributed by atoms with E-state index in [1.165, 1.54) is 7.11 Å². The lowest BCUT2D eigenvalue weighted by Crippen LogP contribution is -2.01. The molecule has 0 aliphatic rings. The molecular weight excluding hydrogens is 432 g/mol. The number of hydrogen-bond donors (Lipinski definition) is 1. The predicted octanol–water partition coefficient (Wildman–Crippen LogP) is 4.85. The van der Waals surface area contributed by atoms with Crippen LogP contribution in [0.1, 0.15) is 11.1 Å². The first kappa shape index (κ1) is 20.2. The van der Waals surface area contributed by atoms with E-state index in [-0.39, 0.29) is 18.0 Å². The number of nitrogens with two attached hydrogens (primary N) is 1. The Bertz CT molecular complexity index is 1150. The van der Waals surface area contributed by atoms with Gasteiger partial charge in [0.25, 0.3) is 0 Å². The van der Waals surface area contributed by atoms with Crippen molar-refractivity contribution in [3.63, 3.8) is 0 Å². The molecule has 29 heavy (non-hydrogen) atoms. The van der Waals surface area contributed by atoms with E-state index in [9.17, 15) is 5.26 Å². The highest BCUT2D eigenvalue weighted by Gasteiger charge is 2.20. The molecule has 7 heteroatoms. The first-order valence-electron chi connectivity index (χ1n) is 8.63. The zero-order valence-electron chi connectivity index (χ0n) is 15.9. The molecular formula is C22H17BrN4O2. The molecule has 144 valence electrons. The lowest BCUT2D eigenvalue weighted by Gasteiger charge is -2.17. The Labute approximate surface area is 177 Å². The van der Waals surface area contributed by atoms with Gasteiger partial charge >= 0.3 is 0 Å². The van der Waals surface area contributed by atoms with Gasteiger partial charge in [0.15, 0.2) is 18.1 Å². The summed E-state index contributed by atoms with van der Waals surface area (Å²) in [7, 11) is 1.51. The maximum absolute atomic E-state index is 9.77. The smallest absolute Gasteiger partial charge is 0.176 e. The summed E-state index contributed by atoms with van der Waals surface area (Å²) in [5.41, 5.74) is 10.5. The minimum absolute atomic E-state index is 0.116. The second kappa shape index (κ2) is 8.64.